The number of rotatable bonds is 4. The van der Waals surface area contributed by atoms with Crippen molar-refractivity contribution >= 4 is 28.2 Å². The summed E-state index contributed by atoms with van der Waals surface area (Å²) in [6.07, 6.45) is 2.33. The number of hydrogen-bond acceptors (Lipinski definition) is 5. The van der Waals surface area contributed by atoms with E-state index in [0.717, 1.165) is 11.3 Å². The van der Waals surface area contributed by atoms with E-state index in [1.807, 2.05) is 0 Å². The predicted molar refractivity (Wildman–Crippen MR) is 71.8 cm³/mol. The fraction of sp³-hybridized carbons (Fsp3) is 0.500. The Morgan fingerprint density at radius 1 is 1.35 bits per heavy atom. The van der Waals surface area contributed by atoms with Crippen molar-refractivity contribution in [2.45, 2.75) is 31.7 Å². The van der Waals surface area contributed by atoms with Crippen LogP contribution in [0.1, 0.15) is 36.0 Å². The third-order valence-corrected chi connectivity index (χ3v) is 4.32. The number of carboxylic acids is 1. The van der Waals surface area contributed by atoms with Crippen LogP contribution in [0.15, 0.2) is 11.4 Å². The molecule has 7 nitrogen and oxygen atoms in total. The number of nitro groups is 1. The molecule has 1 aliphatic carbocycles. The van der Waals surface area contributed by atoms with Gasteiger partial charge in [0.15, 0.2) is 0 Å². The highest BCUT2D eigenvalue weighted by Gasteiger charge is 2.27. The number of nitrogens with one attached hydrogen (secondary N) is 1. The van der Waals surface area contributed by atoms with Crippen LogP contribution in [0.5, 0.6) is 0 Å². The molecule has 0 bridgehead atoms. The van der Waals surface area contributed by atoms with E-state index in [-0.39, 0.29) is 28.4 Å². The molecule has 0 spiro atoms. The van der Waals surface area contributed by atoms with Gasteiger partial charge in [-0.3, -0.25) is 19.7 Å². The van der Waals surface area contributed by atoms with Gasteiger partial charge in [-0.25, -0.2) is 0 Å². The van der Waals surface area contributed by atoms with Gasteiger partial charge in [0.2, 0.25) is 0 Å². The topological polar surface area (TPSA) is 110 Å². The van der Waals surface area contributed by atoms with Crippen molar-refractivity contribution in [1.29, 1.82) is 0 Å². The Bertz CT molecular complexity index is 534. The summed E-state index contributed by atoms with van der Waals surface area (Å²) in [5.74, 6) is -1.46. The molecule has 1 aromatic rings. The summed E-state index contributed by atoms with van der Waals surface area (Å²) in [4.78, 5) is 32.8. The Labute approximate surface area is 118 Å². The van der Waals surface area contributed by atoms with Crippen LogP contribution in [0.2, 0.25) is 0 Å². The second kappa shape index (κ2) is 6.00. The maximum atomic E-state index is 11.9. The molecule has 0 aromatic carbocycles. The average molecular weight is 298 g/mol. The molecule has 1 saturated carbocycles. The van der Waals surface area contributed by atoms with Crippen molar-refractivity contribution in [2.24, 2.45) is 5.92 Å². The largest absolute Gasteiger partial charge is 0.481 e. The SMILES string of the molecule is O=C(NC1CCC(C(=O)O)CC1)c1csc([N+](=O)[O-])c1. The summed E-state index contributed by atoms with van der Waals surface area (Å²) in [7, 11) is 0. The molecule has 2 N–H and O–H groups in total. The Hall–Kier alpha value is -1.96. The number of carbonyl (C=O) groups excluding carboxylic acids is 1. The average Bonchev–Trinajstić information content (AvgIpc) is 2.89. The molecule has 1 fully saturated rings. The zero-order valence-corrected chi connectivity index (χ0v) is 11.4. The second-order valence-corrected chi connectivity index (χ2v) is 5.68. The van der Waals surface area contributed by atoms with Gasteiger partial charge in [-0.1, -0.05) is 11.3 Å². The monoisotopic (exact) mass is 298 g/mol. The van der Waals surface area contributed by atoms with Crippen LogP contribution in [0, 0.1) is 16.0 Å². The van der Waals surface area contributed by atoms with Gasteiger partial charge in [0.1, 0.15) is 0 Å². The molecule has 0 unspecified atom stereocenters. The lowest BCUT2D eigenvalue weighted by Gasteiger charge is -2.26. The fourth-order valence-corrected chi connectivity index (χ4v) is 3.00. The van der Waals surface area contributed by atoms with Gasteiger partial charge in [-0.05, 0) is 25.7 Å². The molecule has 1 aliphatic rings. The molecule has 1 heterocycles. The number of amides is 1. The fourth-order valence-electron chi connectivity index (χ4n) is 2.29. The minimum absolute atomic E-state index is 0.0583. The molecule has 0 atom stereocenters. The van der Waals surface area contributed by atoms with E-state index in [0.29, 0.717) is 25.7 Å². The molecule has 108 valence electrons. The van der Waals surface area contributed by atoms with E-state index in [2.05, 4.69) is 5.32 Å². The number of aliphatic carboxylic acids is 1. The number of carbonyl (C=O) groups is 2. The highest BCUT2D eigenvalue weighted by atomic mass is 32.1. The Kier molecular flexibility index (Phi) is 4.33. The first kappa shape index (κ1) is 14.4. The van der Waals surface area contributed by atoms with E-state index in [9.17, 15) is 19.7 Å². The van der Waals surface area contributed by atoms with E-state index in [4.69, 9.17) is 5.11 Å². The van der Waals surface area contributed by atoms with Crippen molar-refractivity contribution in [3.8, 4) is 0 Å². The number of hydrogen-bond donors (Lipinski definition) is 2. The number of thiophene rings is 1. The lowest BCUT2D eigenvalue weighted by atomic mass is 9.86. The zero-order valence-electron chi connectivity index (χ0n) is 10.6. The third kappa shape index (κ3) is 3.32. The Morgan fingerprint density at radius 3 is 2.50 bits per heavy atom. The molecular formula is C12H14N2O5S. The van der Waals surface area contributed by atoms with Crippen molar-refractivity contribution in [1.82, 2.24) is 5.32 Å². The van der Waals surface area contributed by atoms with Gasteiger partial charge in [0, 0.05) is 17.5 Å². The van der Waals surface area contributed by atoms with Crippen LogP contribution in [0.4, 0.5) is 5.00 Å². The molecule has 0 saturated heterocycles. The Balaban J connectivity index is 1.89. The van der Waals surface area contributed by atoms with Crippen LogP contribution in [0.3, 0.4) is 0 Å². The molecule has 8 heteroatoms. The number of carboxylic acid groups (broad SMARTS) is 1. The smallest absolute Gasteiger partial charge is 0.324 e. The van der Waals surface area contributed by atoms with Gasteiger partial charge in [-0.15, -0.1) is 0 Å². The van der Waals surface area contributed by atoms with Crippen molar-refractivity contribution in [3.05, 3.63) is 27.1 Å². The van der Waals surface area contributed by atoms with Crippen LogP contribution < -0.4 is 5.32 Å². The van der Waals surface area contributed by atoms with Crippen LogP contribution in [-0.4, -0.2) is 27.9 Å². The lowest BCUT2D eigenvalue weighted by Crippen LogP contribution is -2.38. The molecule has 1 aromatic heterocycles. The highest BCUT2D eigenvalue weighted by Crippen LogP contribution is 2.26. The van der Waals surface area contributed by atoms with Crippen molar-refractivity contribution < 1.29 is 19.6 Å². The normalized spacial score (nSPS) is 22.2. The zero-order chi connectivity index (χ0) is 14.7. The Morgan fingerprint density at radius 2 is 2.00 bits per heavy atom. The van der Waals surface area contributed by atoms with Crippen LogP contribution in [0.25, 0.3) is 0 Å². The van der Waals surface area contributed by atoms with E-state index < -0.39 is 10.9 Å². The molecule has 0 radical (unpaired) electrons. The maximum Gasteiger partial charge on any atom is 0.324 e. The highest BCUT2D eigenvalue weighted by molar-refractivity contribution is 7.13. The van der Waals surface area contributed by atoms with Crippen molar-refractivity contribution in [3.63, 3.8) is 0 Å². The molecule has 1 amide bonds. The summed E-state index contributed by atoms with van der Waals surface area (Å²) in [6, 6.07) is 1.19. The van der Waals surface area contributed by atoms with E-state index >= 15 is 0 Å². The van der Waals surface area contributed by atoms with Crippen molar-refractivity contribution in [2.75, 3.05) is 0 Å². The van der Waals surface area contributed by atoms with Gasteiger partial charge in [0.25, 0.3) is 5.91 Å². The third-order valence-electron chi connectivity index (χ3n) is 3.44. The van der Waals surface area contributed by atoms with E-state index in [1.165, 1.54) is 11.4 Å². The van der Waals surface area contributed by atoms with Crippen LogP contribution in [-0.2, 0) is 4.79 Å². The van der Waals surface area contributed by atoms with Gasteiger partial charge < -0.3 is 10.4 Å². The molecular weight excluding hydrogens is 284 g/mol. The first-order valence-corrected chi connectivity index (χ1v) is 7.12. The quantitative estimate of drug-likeness (QED) is 0.653. The summed E-state index contributed by atoms with van der Waals surface area (Å²) < 4.78 is 0. The minimum atomic E-state index is -0.789. The summed E-state index contributed by atoms with van der Waals surface area (Å²) >= 11 is 0.915. The maximum absolute atomic E-state index is 11.9. The first-order valence-electron chi connectivity index (χ1n) is 6.24. The standard InChI is InChI=1S/C12H14N2O5S/c15-11(8-5-10(14(18)19)20-6-8)13-9-3-1-7(2-4-9)12(16)17/h5-7,9H,1-4H2,(H,13,15)(H,16,17). The number of nitrogens with zero attached hydrogens (tertiary/aromatic N) is 1. The molecule has 2 rings (SSSR count). The lowest BCUT2D eigenvalue weighted by molar-refractivity contribution is -0.380. The molecule has 0 aliphatic heterocycles. The summed E-state index contributed by atoms with van der Waals surface area (Å²) in [6.45, 7) is 0. The van der Waals surface area contributed by atoms with E-state index in [1.54, 1.807) is 0 Å². The predicted octanol–water partition coefficient (Wildman–Crippen LogP) is 2.03. The molecule has 20 heavy (non-hydrogen) atoms. The summed E-state index contributed by atoms with van der Waals surface area (Å²) in [5, 5.41) is 23.6. The second-order valence-electron chi connectivity index (χ2n) is 4.79. The van der Waals surface area contributed by atoms with Crippen LogP contribution >= 0.6 is 11.3 Å². The first-order chi connectivity index (χ1) is 9.47. The summed E-state index contributed by atoms with van der Waals surface area (Å²) in [5.41, 5.74) is 0.280. The minimum Gasteiger partial charge on any atom is -0.481 e. The van der Waals surface area contributed by atoms with Gasteiger partial charge >= 0.3 is 11.0 Å². The van der Waals surface area contributed by atoms with Gasteiger partial charge in [-0.2, -0.15) is 0 Å². The van der Waals surface area contributed by atoms with Gasteiger partial charge in [0.05, 0.1) is 16.4 Å².